The van der Waals surface area contributed by atoms with E-state index < -0.39 is 17.6 Å². The van der Waals surface area contributed by atoms with Crippen LogP contribution in [0.3, 0.4) is 0 Å². The third-order valence-electron chi connectivity index (χ3n) is 3.09. The minimum Gasteiger partial charge on any atom is -0.478 e. The van der Waals surface area contributed by atoms with Gasteiger partial charge < -0.3 is 4.74 Å². The maximum absolute atomic E-state index is 12.7. The number of hydrazone groups is 1. The highest BCUT2D eigenvalue weighted by atomic mass is 79.9. The molecule has 0 unspecified atom stereocenters. The molecule has 5 nitrogen and oxygen atoms in total. The van der Waals surface area contributed by atoms with Gasteiger partial charge in [-0.1, -0.05) is 22.0 Å². The number of nitriles is 1. The summed E-state index contributed by atoms with van der Waals surface area (Å²) in [5, 5.41) is 12.3. The maximum Gasteiger partial charge on any atom is 0.416 e. The van der Waals surface area contributed by atoms with E-state index in [4.69, 9.17) is 10.00 Å². The van der Waals surface area contributed by atoms with E-state index >= 15 is 0 Å². The highest BCUT2D eigenvalue weighted by molar-refractivity contribution is 9.10. The molecule has 0 spiro atoms. The Morgan fingerprint density at radius 2 is 2.08 bits per heavy atom. The Balaban J connectivity index is 2.13. The summed E-state index contributed by atoms with van der Waals surface area (Å²) in [6.07, 6.45) is -3.27. The molecule has 134 valence electrons. The molecular weight excluding hydrogens is 415 g/mol. The van der Waals surface area contributed by atoms with Crippen LogP contribution in [0.2, 0.25) is 0 Å². The minimum atomic E-state index is -4.54. The van der Waals surface area contributed by atoms with Gasteiger partial charge in [0.1, 0.15) is 11.8 Å². The van der Waals surface area contributed by atoms with E-state index in [-0.39, 0.29) is 12.2 Å². The van der Waals surface area contributed by atoms with Gasteiger partial charge >= 0.3 is 6.18 Å². The molecule has 0 atom stereocenters. The van der Waals surface area contributed by atoms with Crippen LogP contribution in [0.1, 0.15) is 21.5 Å². The quantitative estimate of drug-likeness (QED) is 0.577. The first kappa shape index (κ1) is 19.5. The Morgan fingerprint density at radius 1 is 1.31 bits per heavy atom. The van der Waals surface area contributed by atoms with Gasteiger partial charge in [0.2, 0.25) is 0 Å². The van der Waals surface area contributed by atoms with Gasteiger partial charge in [0.15, 0.2) is 6.61 Å². The Morgan fingerprint density at radius 3 is 2.77 bits per heavy atom. The van der Waals surface area contributed by atoms with Crippen LogP contribution in [-0.4, -0.2) is 18.7 Å². The van der Waals surface area contributed by atoms with E-state index in [2.05, 4.69) is 26.5 Å². The number of hydrogen-bond acceptors (Lipinski definition) is 4. The first-order valence-electron chi connectivity index (χ1n) is 7.11. The Labute approximate surface area is 155 Å². The van der Waals surface area contributed by atoms with Crippen LogP contribution in [-0.2, 0) is 6.18 Å². The number of nitrogens with zero attached hydrogens (tertiary/aromatic N) is 2. The number of rotatable bonds is 5. The van der Waals surface area contributed by atoms with Gasteiger partial charge in [-0.25, -0.2) is 5.43 Å². The fourth-order valence-corrected chi connectivity index (χ4v) is 2.30. The fourth-order valence-electron chi connectivity index (χ4n) is 1.92. The van der Waals surface area contributed by atoms with Crippen molar-refractivity contribution in [3.8, 4) is 11.8 Å². The summed E-state index contributed by atoms with van der Waals surface area (Å²) in [6, 6.07) is 10.8. The normalized spacial score (nSPS) is 11.2. The van der Waals surface area contributed by atoms with Gasteiger partial charge in [-0.05, 0) is 36.4 Å². The Hall–Kier alpha value is -2.86. The van der Waals surface area contributed by atoms with Crippen molar-refractivity contribution in [1.29, 1.82) is 5.26 Å². The molecule has 0 aliphatic carbocycles. The molecule has 0 aliphatic rings. The number of ether oxygens (including phenoxy) is 1. The van der Waals surface area contributed by atoms with Gasteiger partial charge in [-0.3, -0.25) is 4.79 Å². The Kier molecular flexibility index (Phi) is 6.36. The molecule has 1 N–H and O–H groups in total. The standard InChI is InChI=1S/C17H11BrF3N3O2/c18-14-4-5-15(26-7-6-22)12(9-14)10-23-24-16(25)11-2-1-3-13(8-11)17(19,20)21/h1-5,8-10H,7H2,(H,24,25)/b23-10-. The average molecular weight is 426 g/mol. The zero-order valence-corrected chi connectivity index (χ0v) is 14.6. The van der Waals surface area contributed by atoms with Crippen molar-refractivity contribution >= 4 is 28.1 Å². The average Bonchev–Trinajstić information content (AvgIpc) is 2.60. The molecule has 0 heterocycles. The van der Waals surface area contributed by atoms with Crippen molar-refractivity contribution in [3.63, 3.8) is 0 Å². The molecule has 1 amide bonds. The van der Waals surface area contributed by atoms with Crippen LogP contribution in [0.15, 0.2) is 52.0 Å². The molecule has 2 aromatic rings. The van der Waals surface area contributed by atoms with Crippen LogP contribution in [0, 0.1) is 11.3 Å². The summed E-state index contributed by atoms with van der Waals surface area (Å²) in [5.74, 6) is -0.423. The van der Waals surface area contributed by atoms with E-state index in [1.54, 1.807) is 18.2 Å². The fraction of sp³-hybridized carbons (Fsp3) is 0.118. The summed E-state index contributed by atoms with van der Waals surface area (Å²) < 4.78 is 44.0. The van der Waals surface area contributed by atoms with Crippen LogP contribution >= 0.6 is 15.9 Å². The predicted molar refractivity (Wildman–Crippen MR) is 91.8 cm³/mol. The molecular formula is C17H11BrF3N3O2. The molecule has 0 bridgehead atoms. The van der Waals surface area contributed by atoms with E-state index in [9.17, 15) is 18.0 Å². The largest absolute Gasteiger partial charge is 0.478 e. The number of amides is 1. The number of carbonyl (C=O) groups excluding carboxylic acids is 1. The molecule has 0 fully saturated rings. The first-order chi connectivity index (χ1) is 12.3. The second kappa shape index (κ2) is 8.49. The van der Waals surface area contributed by atoms with E-state index in [0.29, 0.717) is 15.8 Å². The second-order valence-electron chi connectivity index (χ2n) is 4.91. The van der Waals surface area contributed by atoms with E-state index in [0.717, 1.165) is 18.2 Å². The van der Waals surface area contributed by atoms with Gasteiger partial charge in [-0.2, -0.15) is 23.5 Å². The van der Waals surface area contributed by atoms with Crippen LogP contribution in [0.25, 0.3) is 0 Å². The van der Waals surface area contributed by atoms with Gasteiger partial charge in [0.05, 0.1) is 11.8 Å². The number of alkyl halides is 3. The molecule has 0 aliphatic heterocycles. The summed E-state index contributed by atoms with van der Waals surface area (Å²) in [4.78, 5) is 12.0. The van der Waals surface area contributed by atoms with Crippen LogP contribution in [0.5, 0.6) is 5.75 Å². The van der Waals surface area contributed by atoms with Crippen molar-refractivity contribution in [3.05, 3.63) is 63.6 Å². The predicted octanol–water partition coefficient (Wildman–Crippen LogP) is 4.13. The topological polar surface area (TPSA) is 74.5 Å². The molecule has 0 saturated heterocycles. The molecule has 2 aromatic carbocycles. The van der Waals surface area contributed by atoms with Crippen molar-refractivity contribution < 1.29 is 22.7 Å². The van der Waals surface area contributed by atoms with Crippen LogP contribution in [0.4, 0.5) is 13.2 Å². The first-order valence-corrected chi connectivity index (χ1v) is 7.90. The number of hydrogen-bond donors (Lipinski definition) is 1. The molecule has 9 heteroatoms. The number of nitrogens with one attached hydrogen (secondary N) is 1. The zero-order valence-electron chi connectivity index (χ0n) is 13.0. The lowest BCUT2D eigenvalue weighted by atomic mass is 10.1. The zero-order chi connectivity index (χ0) is 19.2. The number of halogens is 4. The van der Waals surface area contributed by atoms with Gasteiger partial charge in [0, 0.05) is 15.6 Å². The number of benzene rings is 2. The second-order valence-corrected chi connectivity index (χ2v) is 5.82. The van der Waals surface area contributed by atoms with Gasteiger partial charge in [-0.15, -0.1) is 0 Å². The summed E-state index contributed by atoms with van der Waals surface area (Å²) in [6.45, 7) is -0.168. The monoisotopic (exact) mass is 425 g/mol. The Bertz CT molecular complexity index is 876. The highest BCUT2D eigenvalue weighted by Crippen LogP contribution is 2.29. The lowest BCUT2D eigenvalue weighted by molar-refractivity contribution is -0.137. The van der Waals surface area contributed by atoms with Crippen molar-refractivity contribution in [2.24, 2.45) is 5.10 Å². The summed E-state index contributed by atoms with van der Waals surface area (Å²) in [7, 11) is 0. The van der Waals surface area contributed by atoms with Crippen molar-refractivity contribution in [2.75, 3.05) is 6.61 Å². The lowest BCUT2D eigenvalue weighted by Crippen LogP contribution is -2.18. The van der Waals surface area contributed by atoms with Crippen molar-refractivity contribution in [1.82, 2.24) is 5.43 Å². The van der Waals surface area contributed by atoms with Crippen LogP contribution < -0.4 is 10.2 Å². The molecule has 2 rings (SSSR count). The summed E-state index contributed by atoms with van der Waals surface area (Å²) in [5.41, 5.74) is 1.53. The smallest absolute Gasteiger partial charge is 0.416 e. The molecule has 0 radical (unpaired) electrons. The summed E-state index contributed by atoms with van der Waals surface area (Å²) >= 11 is 3.27. The number of carbonyl (C=O) groups is 1. The third-order valence-corrected chi connectivity index (χ3v) is 3.58. The van der Waals surface area contributed by atoms with Gasteiger partial charge in [0.25, 0.3) is 5.91 Å². The molecule has 0 saturated carbocycles. The highest BCUT2D eigenvalue weighted by Gasteiger charge is 2.30. The third kappa shape index (κ3) is 5.32. The minimum absolute atomic E-state index is 0.168. The van der Waals surface area contributed by atoms with E-state index in [1.807, 2.05) is 6.07 Å². The lowest BCUT2D eigenvalue weighted by Gasteiger charge is -2.08. The molecule has 0 aromatic heterocycles. The SMILES string of the molecule is N#CCOc1ccc(Br)cc1/C=N\NC(=O)c1cccc(C(F)(F)F)c1. The van der Waals surface area contributed by atoms with Crippen molar-refractivity contribution in [2.45, 2.75) is 6.18 Å². The maximum atomic E-state index is 12.7. The molecule has 26 heavy (non-hydrogen) atoms. The van der Waals surface area contributed by atoms with E-state index in [1.165, 1.54) is 12.3 Å².